The Balaban J connectivity index is 2.05. The van der Waals surface area contributed by atoms with Crippen molar-refractivity contribution in [2.45, 2.75) is 13.5 Å². The average Bonchev–Trinajstić information content (AvgIpc) is 3.13. The molecule has 0 aliphatic heterocycles. The first-order chi connectivity index (χ1) is 10.2. The first-order valence-electron chi connectivity index (χ1n) is 6.74. The van der Waals surface area contributed by atoms with Gasteiger partial charge in [-0.25, -0.2) is 4.68 Å². The van der Waals surface area contributed by atoms with Crippen LogP contribution >= 0.6 is 0 Å². The first kappa shape index (κ1) is 13.2. The first-order valence-corrected chi connectivity index (χ1v) is 6.74. The normalized spacial score (nSPS) is 10.8. The summed E-state index contributed by atoms with van der Waals surface area (Å²) >= 11 is 0. The molecule has 0 aliphatic carbocycles. The molecule has 6 nitrogen and oxygen atoms in total. The number of ether oxygens (including phenoxy) is 1. The van der Waals surface area contributed by atoms with Crippen LogP contribution in [0.5, 0.6) is 5.75 Å². The fourth-order valence-corrected chi connectivity index (χ4v) is 2.21. The second-order valence-corrected chi connectivity index (χ2v) is 4.63. The van der Waals surface area contributed by atoms with Gasteiger partial charge in [0, 0.05) is 18.3 Å². The molecule has 0 amide bonds. The van der Waals surface area contributed by atoms with Crippen LogP contribution in [0.3, 0.4) is 0 Å². The second-order valence-electron chi connectivity index (χ2n) is 4.63. The van der Waals surface area contributed by atoms with Crippen LogP contribution in [0.15, 0.2) is 42.9 Å². The number of hydrogen-bond acceptors (Lipinski definition) is 4. The summed E-state index contributed by atoms with van der Waals surface area (Å²) in [6.45, 7) is 2.85. The predicted octanol–water partition coefficient (Wildman–Crippen LogP) is 2.35. The Kier molecular flexibility index (Phi) is 3.35. The summed E-state index contributed by atoms with van der Waals surface area (Å²) in [5.41, 5.74) is 9.18. The minimum absolute atomic E-state index is 0.608. The smallest absolute Gasteiger partial charge is 0.144 e. The highest BCUT2D eigenvalue weighted by molar-refractivity contribution is 5.71. The van der Waals surface area contributed by atoms with Crippen LogP contribution in [0.4, 0.5) is 5.69 Å². The number of methoxy groups -OCH3 is 1. The monoisotopic (exact) mass is 283 g/mol. The van der Waals surface area contributed by atoms with Crippen molar-refractivity contribution < 1.29 is 4.74 Å². The van der Waals surface area contributed by atoms with Gasteiger partial charge in [-0.3, -0.25) is 4.68 Å². The summed E-state index contributed by atoms with van der Waals surface area (Å²) in [6, 6.07) is 7.68. The number of rotatable bonds is 4. The minimum Gasteiger partial charge on any atom is -0.494 e. The maximum Gasteiger partial charge on any atom is 0.144 e. The summed E-state index contributed by atoms with van der Waals surface area (Å²) in [4.78, 5) is 0. The number of nitrogens with two attached hydrogens (primary N) is 1. The van der Waals surface area contributed by atoms with E-state index in [1.807, 2.05) is 42.1 Å². The molecule has 0 unspecified atom stereocenters. The topological polar surface area (TPSA) is 70.9 Å². The zero-order valence-electron chi connectivity index (χ0n) is 12.0. The number of benzene rings is 1. The van der Waals surface area contributed by atoms with Crippen molar-refractivity contribution in [2.75, 3.05) is 12.8 Å². The zero-order valence-corrected chi connectivity index (χ0v) is 12.0. The van der Waals surface area contributed by atoms with E-state index in [9.17, 15) is 0 Å². The van der Waals surface area contributed by atoms with Crippen LogP contribution in [0, 0.1) is 0 Å². The van der Waals surface area contributed by atoms with Gasteiger partial charge in [-0.05, 0) is 19.1 Å². The Morgan fingerprint density at radius 1 is 1.24 bits per heavy atom. The molecule has 2 heterocycles. The molecule has 0 saturated carbocycles. The van der Waals surface area contributed by atoms with E-state index in [0.717, 1.165) is 29.2 Å². The third-order valence-electron chi connectivity index (χ3n) is 3.31. The molecule has 3 rings (SSSR count). The van der Waals surface area contributed by atoms with Gasteiger partial charge in [0.2, 0.25) is 0 Å². The lowest BCUT2D eigenvalue weighted by Crippen LogP contribution is -1.98. The van der Waals surface area contributed by atoms with Gasteiger partial charge >= 0.3 is 0 Å². The summed E-state index contributed by atoms with van der Waals surface area (Å²) < 4.78 is 8.93. The third-order valence-corrected chi connectivity index (χ3v) is 3.31. The molecule has 108 valence electrons. The number of nitrogen functional groups attached to an aromatic ring is 1. The largest absolute Gasteiger partial charge is 0.494 e. The van der Waals surface area contributed by atoms with E-state index in [-0.39, 0.29) is 0 Å². The predicted molar refractivity (Wildman–Crippen MR) is 81.4 cm³/mol. The van der Waals surface area contributed by atoms with E-state index < -0.39 is 0 Å². The van der Waals surface area contributed by atoms with Gasteiger partial charge in [0.05, 0.1) is 25.2 Å². The van der Waals surface area contributed by atoms with Crippen molar-refractivity contribution >= 4 is 5.69 Å². The molecular formula is C15H17N5O. The number of aryl methyl sites for hydroxylation is 1. The van der Waals surface area contributed by atoms with E-state index >= 15 is 0 Å². The number of aromatic nitrogens is 4. The van der Waals surface area contributed by atoms with E-state index in [2.05, 4.69) is 10.2 Å². The maximum atomic E-state index is 6.09. The SMILES string of the molecule is CCn1cc(-c2nn(-c3ccccc3OC)cc2N)cn1. The standard InChI is InChI=1S/C15H17N5O/c1-3-19-9-11(8-17-19)15-12(16)10-20(18-15)13-6-4-5-7-14(13)21-2/h4-10H,3,16H2,1-2H3. The molecule has 0 fully saturated rings. The summed E-state index contributed by atoms with van der Waals surface area (Å²) in [5, 5.41) is 8.82. The van der Waals surface area contributed by atoms with Crippen molar-refractivity contribution in [3.05, 3.63) is 42.9 Å². The quantitative estimate of drug-likeness (QED) is 0.798. The van der Waals surface area contributed by atoms with Crippen LogP contribution in [-0.4, -0.2) is 26.7 Å². The molecule has 0 radical (unpaired) electrons. The zero-order chi connectivity index (χ0) is 14.8. The van der Waals surface area contributed by atoms with Gasteiger partial charge in [-0.2, -0.15) is 10.2 Å². The highest BCUT2D eigenvalue weighted by atomic mass is 16.5. The Morgan fingerprint density at radius 2 is 2.05 bits per heavy atom. The van der Waals surface area contributed by atoms with Crippen molar-refractivity contribution in [2.24, 2.45) is 0 Å². The fraction of sp³-hybridized carbons (Fsp3) is 0.200. The molecule has 1 aromatic carbocycles. The van der Waals surface area contributed by atoms with Crippen molar-refractivity contribution in [1.82, 2.24) is 19.6 Å². The molecule has 2 N–H and O–H groups in total. The lowest BCUT2D eigenvalue weighted by Gasteiger charge is -2.07. The molecule has 0 aliphatic rings. The third kappa shape index (κ3) is 2.35. The van der Waals surface area contributed by atoms with Crippen LogP contribution < -0.4 is 10.5 Å². The Labute approximate surface area is 122 Å². The lowest BCUT2D eigenvalue weighted by atomic mass is 10.2. The van der Waals surface area contributed by atoms with E-state index in [1.54, 1.807) is 24.2 Å². The van der Waals surface area contributed by atoms with Gasteiger partial charge < -0.3 is 10.5 Å². The van der Waals surface area contributed by atoms with Gasteiger partial charge in [0.25, 0.3) is 0 Å². The molecular weight excluding hydrogens is 266 g/mol. The highest BCUT2D eigenvalue weighted by Crippen LogP contribution is 2.28. The molecule has 0 saturated heterocycles. The minimum atomic E-state index is 0.608. The highest BCUT2D eigenvalue weighted by Gasteiger charge is 2.13. The molecule has 0 spiro atoms. The Hall–Kier alpha value is -2.76. The Morgan fingerprint density at radius 3 is 2.76 bits per heavy atom. The summed E-state index contributed by atoms with van der Waals surface area (Å²) in [6.07, 6.45) is 5.50. The number of hydrogen-bond donors (Lipinski definition) is 1. The van der Waals surface area contributed by atoms with E-state index in [1.165, 1.54) is 0 Å². The van der Waals surface area contributed by atoms with Gasteiger partial charge in [0.1, 0.15) is 17.1 Å². The molecule has 6 heteroatoms. The van der Waals surface area contributed by atoms with E-state index in [4.69, 9.17) is 10.5 Å². The van der Waals surface area contributed by atoms with Crippen molar-refractivity contribution in [1.29, 1.82) is 0 Å². The maximum absolute atomic E-state index is 6.09. The van der Waals surface area contributed by atoms with Gasteiger partial charge in [-0.1, -0.05) is 12.1 Å². The van der Waals surface area contributed by atoms with Gasteiger partial charge in [0.15, 0.2) is 0 Å². The van der Waals surface area contributed by atoms with Crippen LogP contribution in [0.25, 0.3) is 16.9 Å². The average molecular weight is 283 g/mol. The van der Waals surface area contributed by atoms with Crippen molar-refractivity contribution in [3.8, 4) is 22.7 Å². The van der Waals surface area contributed by atoms with Crippen LogP contribution in [0.1, 0.15) is 6.92 Å². The molecule has 0 atom stereocenters. The fourth-order valence-electron chi connectivity index (χ4n) is 2.21. The number of nitrogens with zero attached hydrogens (tertiary/aromatic N) is 4. The molecule has 21 heavy (non-hydrogen) atoms. The van der Waals surface area contributed by atoms with Gasteiger partial charge in [-0.15, -0.1) is 0 Å². The molecule has 3 aromatic rings. The number of para-hydroxylation sites is 2. The van der Waals surface area contributed by atoms with Crippen LogP contribution in [-0.2, 0) is 6.54 Å². The Bertz CT molecular complexity index is 759. The molecule has 2 aromatic heterocycles. The van der Waals surface area contributed by atoms with Crippen molar-refractivity contribution in [3.63, 3.8) is 0 Å². The second kappa shape index (κ2) is 5.32. The summed E-state index contributed by atoms with van der Waals surface area (Å²) in [7, 11) is 1.64. The lowest BCUT2D eigenvalue weighted by molar-refractivity contribution is 0.412. The number of anilines is 1. The van der Waals surface area contributed by atoms with E-state index in [0.29, 0.717) is 5.69 Å². The summed E-state index contributed by atoms with van der Waals surface area (Å²) in [5.74, 6) is 0.746. The van der Waals surface area contributed by atoms with Crippen LogP contribution in [0.2, 0.25) is 0 Å². The molecule has 0 bridgehead atoms.